The number of nitrogens with one attached hydrogen (secondary N) is 1. The molecule has 0 aliphatic heterocycles. The number of amides is 1. The largest absolute Gasteiger partial charge is 0.433 e. The molecule has 2 rings (SSSR count). The summed E-state index contributed by atoms with van der Waals surface area (Å²) in [7, 11) is 0. The number of carbonyl (C=O) groups is 1. The molecule has 0 spiro atoms. The number of carbonyl (C=O) groups excluding carboxylic acids is 1. The molecule has 25 heavy (non-hydrogen) atoms. The first-order chi connectivity index (χ1) is 11.7. The van der Waals surface area contributed by atoms with E-state index < -0.39 is 17.4 Å². The fourth-order valence-electron chi connectivity index (χ4n) is 2.36. The molecule has 0 aliphatic rings. The van der Waals surface area contributed by atoms with Gasteiger partial charge in [-0.15, -0.1) is 0 Å². The lowest BCUT2D eigenvalue weighted by molar-refractivity contribution is -0.142. The molecule has 0 bridgehead atoms. The first kappa shape index (κ1) is 19.0. The maximum Gasteiger partial charge on any atom is 0.433 e. The smallest absolute Gasteiger partial charge is 0.350 e. The Bertz CT molecular complexity index is 735. The van der Waals surface area contributed by atoms with E-state index in [0.717, 1.165) is 16.9 Å². The number of benzene rings is 1. The van der Waals surface area contributed by atoms with Gasteiger partial charge in [0.05, 0.1) is 11.9 Å². The summed E-state index contributed by atoms with van der Waals surface area (Å²) < 4.78 is 39.8. The average molecular weight is 354 g/mol. The van der Waals surface area contributed by atoms with Crippen molar-refractivity contribution in [1.82, 2.24) is 15.1 Å². The van der Waals surface area contributed by atoms with Crippen molar-refractivity contribution in [2.24, 2.45) is 5.73 Å². The Morgan fingerprint density at radius 3 is 2.52 bits per heavy atom. The van der Waals surface area contributed by atoms with E-state index >= 15 is 0 Å². The molecule has 0 atom stereocenters. The standard InChI is InChI=1S/C17H21F3N4O/c1-3-16(21,4-2)11-22-15(25)12-6-5-7-13(10-12)24-14(8-9-23-24)17(18,19)20/h5-10H,3-4,11,21H2,1-2H3,(H,22,25). The van der Waals surface area contributed by atoms with Crippen LogP contribution in [0.2, 0.25) is 0 Å². The molecular weight excluding hydrogens is 333 g/mol. The highest BCUT2D eigenvalue weighted by Crippen LogP contribution is 2.30. The van der Waals surface area contributed by atoms with Crippen LogP contribution in [-0.4, -0.2) is 27.8 Å². The number of alkyl halides is 3. The van der Waals surface area contributed by atoms with Crippen LogP contribution in [0.25, 0.3) is 5.69 Å². The summed E-state index contributed by atoms with van der Waals surface area (Å²) in [4.78, 5) is 12.3. The normalized spacial score (nSPS) is 12.2. The van der Waals surface area contributed by atoms with E-state index in [0.29, 0.717) is 19.4 Å². The number of nitrogens with zero attached hydrogens (tertiary/aromatic N) is 2. The Kier molecular flexibility index (Phi) is 5.52. The quantitative estimate of drug-likeness (QED) is 0.837. The van der Waals surface area contributed by atoms with Crippen LogP contribution in [0.5, 0.6) is 0 Å². The molecule has 1 amide bonds. The summed E-state index contributed by atoms with van der Waals surface area (Å²) in [5.41, 5.74) is 5.15. The van der Waals surface area contributed by atoms with Gasteiger partial charge in [0, 0.05) is 17.6 Å². The molecule has 136 valence electrons. The van der Waals surface area contributed by atoms with E-state index in [1.165, 1.54) is 24.3 Å². The van der Waals surface area contributed by atoms with Crippen LogP contribution in [-0.2, 0) is 6.18 Å². The highest BCUT2D eigenvalue weighted by molar-refractivity contribution is 5.94. The van der Waals surface area contributed by atoms with Gasteiger partial charge in [-0.1, -0.05) is 19.9 Å². The molecule has 3 N–H and O–H groups in total. The average Bonchev–Trinajstić information content (AvgIpc) is 3.09. The number of aromatic nitrogens is 2. The Hall–Kier alpha value is -2.35. The molecular formula is C17H21F3N4O. The second-order valence-corrected chi connectivity index (χ2v) is 5.93. The van der Waals surface area contributed by atoms with Crippen LogP contribution < -0.4 is 11.1 Å². The molecule has 0 aliphatic carbocycles. The van der Waals surface area contributed by atoms with Crippen molar-refractivity contribution in [3.8, 4) is 5.69 Å². The number of hydrogen-bond acceptors (Lipinski definition) is 3. The molecule has 0 unspecified atom stereocenters. The first-order valence-corrected chi connectivity index (χ1v) is 7.99. The van der Waals surface area contributed by atoms with Crippen molar-refractivity contribution in [3.63, 3.8) is 0 Å². The summed E-state index contributed by atoms with van der Waals surface area (Å²) in [6.45, 7) is 4.16. The van der Waals surface area contributed by atoms with E-state index in [-0.39, 0.29) is 17.2 Å². The minimum absolute atomic E-state index is 0.162. The topological polar surface area (TPSA) is 72.9 Å². The van der Waals surface area contributed by atoms with E-state index in [1.54, 1.807) is 0 Å². The zero-order valence-electron chi connectivity index (χ0n) is 14.1. The zero-order chi connectivity index (χ0) is 18.7. The van der Waals surface area contributed by atoms with Gasteiger partial charge in [0.25, 0.3) is 5.91 Å². The van der Waals surface area contributed by atoms with Gasteiger partial charge >= 0.3 is 6.18 Å². The minimum Gasteiger partial charge on any atom is -0.350 e. The summed E-state index contributed by atoms with van der Waals surface area (Å²) in [6, 6.07) is 6.77. The highest BCUT2D eigenvalue weighted by Gasteiger charge is 2.35. The van der Waals surface area contributed by atoms with Crippen molar-refractivity contribution < 1.29 is 18.0 Å². The fraction of sp³-hybridized carbons (Fsp3) is 0.412. The van der Waals surface area contributed by atoms with Gasteiger partial charge in [-0.3, -0.25) is 4.79 Å². The van der Waals surface area contributed by atoms with E-state index in [4.69, 9.17) is 5.73 Å². The molecule has 5 nitrogen and oxygen atoms in total. The van der Waals surface area contributed by atoms with Crippen molar-refractivity contribution >= 4 is 5.91 Å². The van der Waals surface area contributed by atoms with E-state index in [1.807, 2.05) is 13.8 Å². The third kappa shape index (κ3) is 4.39. The molecule has 1 aromatic heterocycles. The molecule has 0 fully saturated rings. The van der Waals surface area contributed by atoms with Crippen LogP contribution in [0.4, 0.5) is 13.2 Å². The van der Waals surface area contributed by atoms with Gasteiger partial charge in [-0.2, -0.15) is 18.3 Å². The molecule has 2 aromatic rings. The van der Waals surface area contributed by atoms with Crippen LogP contribution in [0.3, 0.4) is 0 Å². The third-order valence-corrected chi connectivity index (χ3v) is 4.30. The van der Waals surface area contributed by atoms with Crippen molar-refractivity contribution in [2.75, 3.05) is 6.54 Å². The molecule has 0 radical (unpaired) electrons. The lowest BCUT2D eigenvalue weighted by Crippen LogP contribution is -2.49. The molecule has 1 aromatic carbocycles. The number of rotatable bonds is 6. The van der Waals surface area contributed by atoms with Gasteiger partial charge in [0.1, 0.15) is 5.69 Å². The minimum atomic E-state index is -4.53. The SMILES string of the molecule is CCC(N)(CC)CNC(=O)c1cccc(-n2nccc2C(F)(F)F)c1. The van der Waals surface area contributed by atoms with Gasteiger partial charge in [-0.05, 0) is 37.1 Å². The molecule has 8 heteroatoms. The van der Waals surface area contributed by atoms with Crippen LogP contribution in [0, 0.1) is 0 Å². The Balaban J connectivity index is 2.22. The Labute approximate surface area is 144 Å². The summed E-state index contributed by atoms with van der Waals surface area (Å²) in [6.07, 6.45) is -2.06. The lowest BCUT2D eigenvalue weighted by atomic mass is 9.94. The summed E-state index contributed by atoms with van der Waals surface area (Å²) in [5, 5.41) is 6.45. The van der Waals surface area contributed by atoms with E-state index in [9.17, 15) is 18.0 Å². The Morgan fingerprint density at radius 1 is 1.24 bits per heavy atom. The van der Waals surface area contributed by atoms with Gasteiger partial charge < -0.3 is 11.1 Å². The van der Waals surface area contributed by atoms with Crippen molar-refractivity contribution in [2.45, 2.75) is 38.4 Å². The number of nitrogens with two attached hydrogens (primary N) is 1. The second-order valence-electron chi connectivity index (χ2n) is 5.93. The predicted octanol–water partition coefficient (Wildman–Crippen LogP) is 3.14. The highest BCUT2D eigenvalue weighted by atomic mass is 19.4. The lowest BCUT2D eigenvalue weighted by Gasteiger charge is -2.26. The Morgan fingerprint density at radius 2 is 1.92 bits per heavy atom. The van der Waals surface area contributed by atoms with Crippen LogP contribution >= 0.6 is 0 Å². The fourth-order valence-corrected chi connectivity index (χ4v) is 2.36. The van der Waals surface area contributed by atoms with E-state index in [2.05, 4.69) is 10.4 Å². The van der Waals surface area contributed by atoms with Gasteiger partial charge in [-0.25, -0.2) is 4.68 Å². The number of halogens is 3. The van der Waals surface area contributed by atoms with Gasteiger partial charge in [0.15, 0.2) is 0 Å². The zero-order valence-corrected chi connectivity index (χ0v) is 14.1. The van der Waals surface area contributed by atoms with Crippen LogP contribution in [0.15, 0.2) is 36.5 Å². The van der Waals surface area contributed by atoms with Crippen LogP contribution in [0.1, 0.15) is 42.7 Å². The first-order valence-electron chi connectivity index (χ1n) is 7.99. The van der Waals surface area contributed by atoms with Gasteiger partial charge in [0.2, 0.25) is 0 Å². The third-order valence-electron chi connectivity index (χ3n) is 4.30. The maximum atomic E-state index is 13.0. The predicted molar refractivity (Wildman–Crippen MR) is 88.4 cm³/mol. The summed E-state index contributed by atoms with van der Waals surface area (Å²) in [5.74, 6) is -0.390. The van der Waals surface area contributed by atoms with Crippen molar-refractivity contribution in [3.05, 3.63) is 47.8 Å². The second kappa shape index (κ2) is 7.26. The number of hydrogen-bond donors (Lipinski definition) is 2. The molecule has 0 saturated heterocycles. The summed E-state index contributed by atoms with van der Waals surface area (Å²) >= 11 is 0. The monoisotopic (exact) mass is 354 g/mol. The molecule has 1 heterocycles. The van der Waals surface area contributed by atoms with Crippen molar-refractivity contribution in [1.29, 1.82) is 0 Å². The maximum absolute atomic E-state index is 13.0. The molecule has 0 saturated carbocycles.